The van der Waals surface area contributed by atoms with Crippen molar-refractivity contribution >= 4 is 11.1 Å². The lowest BCUT2D eigenvalue weighted by atomic mass is 9.86. The Morgan fingerprint density at radius 3 is 2.18 bits per heavy atom. The fourth-order valence-electron chi connectivity index (χ4n) is 1.35. The molecule has 0 radical (unpaired) electrons. The van der Waals surface area contributed by atoms with Gasteiger partial charge in [-0.2, -0.15) is 0 Å². The van der Waals surface area contributed by atoms with Crippen molar-refractivity contribution in [3.05, 3.63) is 0 Å². The average Bonchev–Trinajstić information content (AvgIpc) is 1.53. The predicted molar refractivity (Wildman–Crippen MR) is 48.9 cm³/mol. The summed E-state index contributed by atoms with van der Waals surface area (Å²) in [5, 5.41) is 0. The van der Waals surface area contributed by atoms with E-state index in [9.17, 15) is 4.21 Å². The molecule has 0 aromatic carbocycles. The monoisotopic (exact) mass is 178 g/mol. The van der Waals surface area contributed by atoms with Crippen LogP contribution in [0, 0.1) is 11.3 Å². The van der Waals surface area contributed by atoms with Gasteiger partial charge in [-0.05, 0) is 17.8 Å². The van der Waals surface area contributed by atoms with Crippen LogP contribution in [0.1, 0.15) is 34.1 Å². The summed E-state index contributed by atoms with van der Waals surface area (Å²) in [6, 6.07) is 0. The molecule has 68 valence electrons. The van der Waals surface area contributed by atoms with Crippen LogP contribution in [0.4, 0.5) is 0 Å². The van der Waals surface area contributed by atoms with Gasteiger partial charge in [0.05, 0.1) is 5.75 Å². The second-order valence-electron chi connectivity index (χ2n) is 4.36. The summed E-state index contributed by atoms with van der Waals surface area (Å²) in [6.07, 6.45) is 0.999. The Hall–Kier alpha value is 0.110. The van der Waals surface area contributed by atoms with Crippen molar-refractivity contribution in [1.29, 1.82) is 0 Å². The minimum Gasteiger partial charge on any atom is -0.306 e. The van der Waals surface area contributed by atoms with Crippen molar-refractivity contribution in [3.8, 4) is 0 Å². The standard InChI is InChI=1S/C8H18O2S/c1-7(6-11(9)10)5-8(2,3)4/h7H,5-6H2,1-4H3,(H,9,10). The Morgan fingerprint density at radius 2 is 1.91 bits per heavy atom. The fourth-order valence-corrected chi connectivity index (χ4v) is 1.95. The van der Waals surface area contributed by atoms with Gasteiger partial charge in [-0.1, -0.05) is 27.7 Å². The van der Waals surface area contributed by atoms with E-state index in [-0.39, 0.29) is 5.41 Å². The molecule has 0 aliphatic rings. The van der Waals surface area contributed by atoms with Gasteiger partial charge in [-0.25, -0.2) is 4.21 Å². The lowest BCUT2D eigenvalue weighted by Gasteiger charge is -2.21. The highest BCUT2D eigenvalue weighted by molar-refractivity contribution is 7.79. The van der Waals surface area contributed by atoms with Crippen molar-refractivity contribution in [1.82, 2.24) is 0 Å². The molecule has 0 aliphatic carbocycles. The van der Waals surface area contributed by atoms with Crippen molar-refractivity contribution in [2.45, 2.75) is 34.1 Å². The maximum atomic E-state index is 10.4. The van der Waals surface area contributed by atoms with E-state index < -0.39 is 11.1 Å². The summed E-state index contributed by atoms with van der Waals surface area (Å²) in [5.41, 5.74) is 0.263. The van der Waals surface area contributed by atoms with E-state index in [4.69, 9.17) is 4.55 Å². The van der Waals surface area contributed by atoms with Crippen molar-refractivity contribution in [2.75, 3.05) is 5.75 Å². The Morgan fingerprint density at radius 1 is 1.45 bits per heavy atom. The van der Waals surface area contributed by atoms with Crippen LogP contribution < -0.4 is 0 Å². The van der Waals surface area contributed by atoms with Crippen LogP contribution in [0.25, 0.3) is 0 Å². The summed E-state index contributed by atoms with van der Waals surface area (Å²) in [4.78, 5) is 0. The molecule has 0 rings (SSSR count). The van der Waals surface area contributed by atoms with E-state index in [0.29, 0.717) is 11.7 Å². The second kappa shape index (κ2) is 4.21. The van der Waals surface area contributed by atoms with Crippen LogP contribution in [-0.4, -0.2) is 14.5 Å². The van der Waals surface area contributed by atoms with E-state index in [2.05, 4.69) is 20.8 Å². The molecular formula is C8H18O2S. The lowest BCUT2D eigenvalue weighted by molar-refractivity contribution is 0.320. The largest absolute Gasteiger partial charge is 0.306 e. The van der Waals surface area contributed by atoms with Crippen LogP contribution >= 0.6 is 0 Å². The molecule has 11 heavy (non-hydrogen) atoms. The minimum absolute atomic E-state index is 0.263. The van der Waals surface area contributed by atoms with Gasteiger partial charge in [0.1, 0.15) is 0 Å². The average molecular weight is 178 g/mol. The third-order valence-electron chi connectivity index (χ3n) is 1.39. The second-order valence-corrected chi connectivity index (χ2v) is 5.33. The number of hydrogen-bond donors (Lipinski definition) is 1. The highest BCUT2D eigenvalue weighted by atomic mass is 32.2. The molecule has 2 nitrogen and oxygen atoms in total. The van der Waals surface area contributed by atoms with Crippen LogP contribution in [-0.2, 0) is 11.1 Å². The quantitative estimate of drug-likeness (QED) is 0.673. The number of rotatable bonds is 3. The van der Waals surface area contributed by atoms with Gasteiger partial charge in [0, 0.05) is 0 Å². The third-order valence-corrected chi connectivity index (χ3v) is 2.24. The van der Waals surface area contributed by atoms with E-state index >= 15 is 0 Å². The summed E-state index contributed by atoms with van der Waals surface area (Å²) >= 11 is -1.63. The highest BCUT2D eigenvalue weighted by Gasteiger charge is 2.16. The molecular weight excluding hydrogens is 160 g/mol. The zero-order valence-corrected chi connectivity index (χ0v) is 8.57. The Balaban J connectivity index is 3.69. The van der Waals surface area contributed by atoms with E-state index in [1.807, 2.05) is 6.92 Å². The Bertz CT molecular complexity index is 138. The van der Waals surface area contributed by atoms with Gasteiger partial charge in [0.2, 0.25) is 0 Å². The Labute approximate surface area is 71.7 Å². The first-order valence-corrected chi connectivity index (χ1v) is 5.16. The fraction of sp³-hybridized carbons (Fsp3) is 1.00. The van der Waals surface area contributed by atoms with E-state index in [1.54, 1.807) is 0 Å². The third kappa shape index (κ3) is 8.01. The summed E-state index contributed by atoms with van der Waals surface area (Å²) in [5.74, 6) is 0.734. The highest BCUT2D eigenvalue weighted by Crippen LogP contribution is 2.24. The van der Waals surface area contributed by atoms with E-state index in [0.717, 1.165) is 6.42 Å². The van der Waals surface area contributed by atoms with Crippen molar-refractivity contribution < 1.29 is 8.76 Å². The first kappa shape index (κ1) is 11.1. The first-order chi connectivity index (χ1) is 4.81. The molecule has 0 aromatic rings. The van der Waals surface area contributed by atoms with Gasteiger partial charge in [-0.3, -0.25) is 0 Å². The molecule has 2 unspecified atom stereocenters. The molecule has 0 aliphatic heterocycles. The van der Waals surface area contributed by atoms with Gasteiger partial charge in [-0.15, -0.1) is 0 Å². The number of hydrogen-bond acceptors (Lipinski definition) is 1. The first-order valence-electron chi connectivity index (χ1n) is 3.89. The molecule has 0 bridgehead atoms. The maximum absolute atomic E-state index is 10.4. The molecule has 0 fully saturated rings. The van der Waals surface area contributed by atoms with Crippen LogP contribution in [0.3, 0.4) is 0 Å². The zero-order chi connectivity index (χ0) is 9.07. The molecule has 0 aromatic heterocycles. The van der Waals surface area contributed by atoms with Gasteiger partial charge < -0.3 is 4.55 Å². The summed E-state index contributed by atoms with van der Waals surface area (Å²) < 4.78 is 19.0. The van der Waals surface area contributed by atoms with Crippen molar-refractivity contribution in [2.24, 2.45) is 11.3 Å². The van der Waals surface area contributed by atoms with Crippen LogP contribution in [0.2, 0.25) is 0 Å². The van der Waals surface area contributed by atoms with Crippen LogP contribution in [0.5, 0.6) is 0 Å². The van der Waals surface area contributed by atoms with Crippen LogP contribution in [0.15, 0.2) is 0 Å². The SMILES string of the molecule is CC(CS(=O)O)CC(C)(C)C. The van der Waals surface area contributed by atoms with Crippen molar-refractivity contribution in [3.63, 3.8) is 0 Å². The van der Waals surface area contributed by atoms with Gasteiger partial charge >= 0.3 is 0 Å². The predicted octanol–water partition coefficient (Wildman–Crippen LogP) is 2.28. The zero-order valence-electron chi connectivity index (χ0n) is 7.76. The summed E-state index contributed by atoms with van der Waals surface area (Å²) in [7, 11) is 0. The smallest absolute Gasteiger partial charge is 0.153 e. The molecule has 0 amide bonds. The summed E-state index contributed by atoms with van der Waals surface area (Å²) in [6.45, 7) is 8.44. The molecule has 0 saturated heterocycles. The van der Waals surface area contributed by atoms with E-state index in [1.165, 1.54) is 0 Å². The molecule has 3 heteroatoms. The van der Waals surface area contributed by atoms with Gasteiger partial charge in [0.25, 0.3) is 0 Å². The maximum Gasteiger partial charge on any atom is 0.153 e. The molecule has 0 saturated carbocycles. The Kier molecular flexibility index (Phi) is 4.26. The molecule has 1 N–H and O–H groups in total. The molecule has 0 spiro atoms. The molecule has 2 atom stereocenters. The molecule has 0 heterocycles. The minimum atomic E-state index is -1.63. The lowest BCUT2D eigenvalue weighted by Crippen LogP contribution is -2.15. The van der Waals surface area contributed by atoms with Gasteiger partial charge in [0.15, 0.2) is 11.1 Å². The topological polar surface area (TPSA) is 37.3 Å². The normalized spacial score (nSPS) is 17.9.